The van der Waals surface area contributed by atoms with Crippen LogP contribution in [0.15, 0.2) is 72.8 Å². The lowest BCUT2D eigenvalue weighted by atomic mass is 9.97. The van der Waals surface area contributed by atoms with Crippen molar-refractivity contribution in [1.29, 1.82) is 0 Å². The van der Waals surface area contributed by atoms with Crippen molar-refractivity contribution in [2.24, 2.45) is 0 Å². The second kappa shape index (κ2) is 19.9. The first kappa shape index (κ1) is 45.3. The molecule has 6 N–H and O–H groups in total. The molecule has 16 nitrogen and oxygen atoms in total. The van der Waals surface area contributed by atoms with E-state index in [0.717, 1.165) is 66.1 Å². The van der Waals surface area contributed by atoms with Crippen molar-refractivity contribution in [2.45, 2.75) is 103 Å². The number of hydrogen-bond donors (Lipinski definition) is 6. The summed E-state index contributed by atoms with van der Waals surface area (Å²) in [5.74, 6) is -1.73. The van der Waals surface area contributed by atoms with Gasteiger partial charge in [0.15, 0.2) is 23.3 Å². The number of H-pyrrole nitrogens is 2. The molecule has 3 aromatic heterocycles. The van der Waals surface area contributed by atoms with Gasteiger partial charge in [0, 0.05) is 69.5 Å². The van der Waals surface area contributed by atoms with Crippen molar-refractivity contribution >= 4 is 68.0 Å². The van der Waals surface area contributed by atoms with Crippen molar-refractivity contribution in [2.75, 3.05) is 0 Å². The number of benzene rings is 4. The number of rotatable bonds is 20. The van der Waals surface area contributed by atoms with Gasteiger partial charge in [-0.2, -0.15) is 0 Å². The molecular weight excluding hydrogens is 865 g/mol. The predicted molar refractivity (Wildman–Crippen MR) is 257 cm³/mol. The van der Waals surface area contributed by atoms with Crippen LogP contribution < -0.4 is 0 Å². The van der Waals surface area contributed by atoms with Crippen LogP contribution in [0.2, 0.25) is 0 Å². The van der Waals surface area contributed by atoms with Crippen LogP contribution >= 0.6 is 0 Å². The second-order valence-electron chi connectivity index (χ2n) is 17.4. The quantitative estimate of drug-likeness (QED) is 0.0389. The molecular formula is C52H50N8O8. The summed E-state index contributed by atoms with van der Waals surface area (Å²) in [4.78, 5) is 84.3. The zero-order chi connectivity index (χ0) is 47.3. The molecule has 0 saturated heterocycles. The summed E-state index contributed by atoms with van der Waals surface area (Å²) >= 11 is 0. The van der Waals surface area contributed by atoms with Crippen LogP contribution in [0.5, 0.6) is 0 Å². The van der Waals surface area contributed by atoms with Crippen LogP contribution in [0, 0.1) is 0 Å². The van der Waals surface area contributed by atoms with E-state index in [0.29, 0.717) is 123 Å². The number of carboxylic acids is 4. The minimum atomic E-state index is -0.851. The Kier molecular flexibility index (Phi) is 13.3. The molecule has 0 saturated carbocycles. The van der Waals surface area contributed by atoms with Gasteiger partial charge in [-0.3, -0.25) is 19.2 Å². The normalized spacial score (nSPS) is 11.8. The van der Waals surface area contributed by atoms with E-state index in [-0.39, 0.29) is 25.7 Å². The summed E-state index contributed by atoms with van der Waals surface area (Å²) in [7, 11) is 0. The first-order valence-corrected chi connectivity index (χ1v) is 23.2. The van der Waals surface area contributed by atoms with Gasteiger partial charge in [0.1, 0.15) is 22.6 Å². The van der Waals surface area contributed by atoms with Gasteiger partial charge in [0.25, 0.3) is 0 Å². The fourth-order valence-electron chi connectivity index (χ4n) is 9.47. The van der Waals surface area contributed by atoms with Crippen LogP contribution in [-0.2, 0) is 44.9 Å². The van der Waals surface area contributed by atoms with E-state index in [1.54, 1.807) is 0 Å². The predicted octanol–water partition coefficient (Wildman–Crippen LogP) is 10.1. The number of hydrogen-bond acceptors (Lipinski definition) is 10. The zero-order valence-corrected chi connectivity index (χ0v) is 37.3. The lowest BCUT2D eigenvalue weighted by molar-refractivity contribution is -0.138. The van der Waals surface area contributed by atoms with Gasteiger partial charge < -0.3 is 30.4 Å². The molecule has 2 aliphatic heterocycles. The van der Waals surface area contributed by atoms with Crippen LogP contribution in [0.25, 0.3) is 89.7 Å². The van der Waals surface area contributed by atoms with E-state index < -0.39 is 23.9 Å². The van der Waals surface area contributed by atoms with Gasteiger partial charge in [-0.05, 0) is 99.3 Å². The Hall–Kier alpha value is -7.88. The molecule has 2 aliphatic rings. The number of aryl methyl sites for hydroxylation is 4. The van der Waals surface area contributed by atoms with Crippen molar-refractivity contribution in [3.05, 3.63) is 95.1 Å². The number of nitrogens with one attached hydrogen (secondary N) is 2. The number of nitrogens with zero attached hydrogens (tertiary/aromatic N) is 6. The first-order valence-electron chi connectivity index (χ1n) is 23.2. The van der Waals surface area contributed by atoms with E-state index in [1.165, 1.54) is 0 Å². The number of fused-ring (bicyclic) bond motifs is 20. The van der Waals surface area contributed by atoms with Gasteiger partial charge in [-0.15, -0.1) is 0 Å². The highest BCUT2D eigenvalue weighted by molar-refractivity contribution is 6.08. The van der Waals surface area contributed by atoms with Gasteiger partial charge in [0.05, 0.1) is 0 Å². The molecule has 0 radical (unpaired) electrons. The third-order valence-corrected chi connectivity index (χ3v) is 12.6. The van der Waals surface area contributed by atoms with E-state index in [9.17, 15) is 39.6 Å². The minimum absolute atomic E-state index is 0.0517. The van der Waals surface area contributed by atoms with Crippen LogP contribution in [0.4, 0.5) is 0 Å². The lowest BCUT2D eigenvalue weighted by Crippen LogP contribution is -1.96. The average Bonchev–Trinajstić information content (AvgIpc) is 4.06. The van der Waals surface area contributed by atoms with Gasteiger partial charge in [0.2, 0.25) is 0 Å². The Morgan fingerprint density at radius 1 is 0.368 bits per heavy atom. The third kappa shape index (κ3) is 9.66. The maximum absolute atomic E-state index is 11.5. The molecule has 68 heavy (non-hydrogen) atoms. The smallest absolute Gasteiger partial charge is 0.303 e. The van der Waals surface area contributed by atoms with E-state index in [1.807, 2.05) is 72.8 Å². The molecule has 16 heteroatoms. The highest BCUT2D eigenvalue weighted by Gasteiger charge is 2.26. The Morgan fingerprint density at radius 3 is 1.09 bits per heavy atom. The highest BCUT2D eigenvalue weighted by atomic mass is 16.4. The molecule has 4 aromatic carbocycles. The average molecular weight is 915 g/mol. The molecule has 0 fully saturated rings. The van der Waals surface area contributed by atoms with Crippen molar-refractivity contribution in [1.82, 2.24) is 39.9 Å². The Labute approximate surface area is 389 Å². The van der Waals surface area contributed by atoms with Gasteiger partial charge >= 0.3 is 23.9 Å². The van der Waals surface area contributed by atoms with E-state index in [4.69, 9.17) is 29.9 Å². The maximum Gasteiger partial charge on any atom is 0.303 e. The summed E-state index contributed by atoms with van der Waals surface area (Å²) < 4.78 is 0. The molecule has 7 aromatic rings. The number of aromatic amines is 2. The standard InChI is InChI=1S/C52H50N8O8/c61-37(62)25-5-1-13-29-17-9-21-33-41(29)49-54-45(33)53-46-34-22-10-18-30(14-2-6-26-38(63)64)42(34)50(55-46)57-48-36-24-12-20-32(16-4-8-28-40(67)68)44(36)52(59-48)60-51-43-31(15-3-7-27-39(65)66)19-11-23-35(43)47(56-49)58-51/h9-12,17-24H,1-8,13-16,25-28H2,(H,61,62)(H,63,64)(H,65,66)(H,67,68)(H2,53,54,55,56,57,58,59,60). The monoisotopic (exact) mass is 914 g/mol. The summed E-state index contributed by atoms with van der Waals surface area (Å²) in [5, 5.41) is 40.8. The number of unbranched alkanes of at least 4 members (excludes halogenated alkanes) is 4. The van der Waals surface area contributed by atoms with Gasteiger partial charge in [-0.25, -0.2) is 29.9 Å². The maximum atomic E-state index is 11.5. The van der Waals surface area contributed by atoms with Crippen LogP contribution in [0.1, 0.15) is 99.3 Å². The molecule has 5 heterocycles. The topological polar surface area (TPSA) is 258 Å². The van der Waals surface area contributed by atoms with E-state index in [2.05, 4.69) is 9.97 Å². The fourth-order valence-corrected chi connectivity index (χ4v) is 9.47. The Balaban J connectivity index is 1.34. The summed E-state index contributed by atoms with van der Waals surface area (Å²) in [6.07, 6.45) is 7.06. The molecule has 0 atom stereocenters. The Morgan fingerprint density at radius 2 is 0.691 bits per heavy atom. The molecule has 0 unspecified atom stereocenters. The summed E-state index contributed by atoms with van der Waals surface area (Å²) in [6.45, 7) is 0. The number of carboxylic acid groups (broad SMARTS) is 4. The largest absolute Gasteiger partial charge is 0.481 e. The van der Waals surface area contributed by atoms with E-state index >= 15 is 0 Å². The van der Waals surface area contributed by atoms with Crippen molar-refractivity contribution in [3.8, 4) is 45.6 Å². The highest BCUT2D eigenvalue weighted by Crippen LogP contribution is 2.41. The molecule has 0 aliphatic carbocycles. The molecule has 9 rings (SSSR count). The molecule has 8 bridgehead atoms. The zero-order valence-electron chi connectivity index (χ0n) is 37.3. The fraction of sp³-hybridized carbons (Fsp3) is 0.308. The van der Waals surface area contributed by atoms with Crippen molar-refractivity contribution in [3.63, 3.8) is 0 Å². The second-order valence-corrected chi connectivity index (χ2v) is 17.4. The number of carbonyl (C=O) groups is 4. The molecule has 0 spiro atoms. The Bertz CT molecular complexity index is 3300. The molecule has 0 amide bonds. The van der Waals surface area contributed by atoms with Crippen LogP contribution in [0.3, 0.4) is 0 Å². The van der Waals surface area contributed by atoms with Gasteiger partial charge in [-0.1, -0.05) is 72.8 Å². The SMILES string of the molecule is O=C(O)CCCCc1cccc2c1-c1nc-2nc2[nH]c(nc3nc(nc4[nH]c(n1)c1cccc(CCCCC(=O)O)c41)-c1c(CCCCC(=O)O)cccc1-3)c1c(CCCCC(=O)O)cccc21. The lowest BCUT2D eigenvalue weighted by Gasteiger charge is -2.08. The minimum Gasteiger partial charge on any atom is -0.481 e. The van der Waals surface area contributed by atoms with Crippen molar-refractivity contribution < 1.29 is 39.6 Å². The summed E-state index contributed by atoms with van der Waals surface area (Å²) in [5.41, 5.74) is 8.90. The first-order chi connectivity index (χ1) is 33.0. The number of aromatic nitrogens is 8. The summed E-state index contributed by atoms with van der Waals surface area (Å²) in [6, 6.07) is 23.7. The number of aliphatic carboxylic acids is 4. The molecule has 346 valence electrons. The third-order valence-electron chi connectivity index (χ3n) is 12.6. The van der Waals surface area contributed by atoms with Crippen LogP contribution in [-0.4, -0.2) is 84.2 Å².